The minimum Gasteiger partial charge on any atom is -0.295 e. The van der Waals surface area contributed by atoms with E-state index in [2.05, 4.69) is 37.8 Å². The second-order valence-electron chi connectivity index (χ2n) is 3.85. The zero-order valence-electron chi connectivity index (χ0n) is 8.59. The van der Waals surface area contributed by atoms with Crippen LogP contribution < -0.4 is 0 Å². The maximum absolute atomic E-state index is 2.60. The summed E-state index contributed by atoms with van der Waals surface area (Å²) in [6.07, 6.45) is 8.63. The molecule has 0 aromatic rings. The topological polar surface area (TPSA) is 3.24 Å². The van der Waals surface area contributed by atoms with Crippen LogP contribution in [0.1, 0.15) is 40.0 Å². The summed E-state index contributed by atoms with van der Waals surface area (Å²) in [5, 5.41) is 0. The molecule has 0 aliphatic carbocycles. The van der Waals surface area contributed by atoms with Gasteiger partial charge in [0.15, 0.2) is 0 Å². The van der Waals surface area contributed by atoms with Crippen LogP contribution in [-0.2, 0) is 0 Å². The highest BCUT2D eigenvalue weighted by Gasteiger charge is 2.20. The number of piperidine rings is 1. The first-order chi connectivity index (χ1) is 5.75. The molecule has 1 fully saturated rings. The lowest BCUT2D eigenvalue weighted by atomic mass is 10.0. The van der Waals surface area contributed by atoms with Gasteiger partial charge in [-0.05, 0) is 40.2 Å². The van der Waals surface area contributed by atoms with Gasteiger partial charge in [-0.2, -0.15) is 0 Å². The van der Waals surface area contributed by atoms with Crippen molar-refractivity contribution in [3.05, 3.63) is 12.2 Å². The molecule has 1 heterocycles. The summed E-state index contributed by atoms with van der Waals surface area (Å²) in [6.45, 7) is 8.03. The molecule has 12 heavy (non-hydrogen) atoms. The fourth-order valence-corrected chi connectivity index (χ4v) is 2.11. The Balaban J connectivity index is 2.47. The van der Waals surface area contributed by atoms with Gasteiger partial charge in [-0.25, -0.2) is 0 Å². The highest BCUT2D eigenvalue weighted by Crippen LogP contribution is 2.19. The van der Waals surface area contributed by atoms with E-state index in [1.807, 2.05) is 0 Å². The van der Waals surface area contributed by atoms with Crippen LogP contribution in [0, 0.1) is 0 Å². The Kier molecular flexibility index (Phi) is 3.80. The number of hydrogen-bond acceptors (Lipinski definition) is 1. The maximum atomic E-state index is 2.60. The number of rotatable bonds is 2. The predicted octanol–water partition coefficient (Wildman–Crippen LogP) is 2.83. The Morgan fingerprint density at radius 3 is 2.75 bits per heavy atom. The Hall–Kier alpha value is -0.300. The highest BCUT2D eigenvalue weighted by molar-refractivity contribution is 4.92. The molecule has 2 unspecified atom stereocenters. The minimum atomic E-state index is 0.630. The molecule has 1 aliphatic heterocycles. The zero-order chi connectivity index (χ0) is 8.97. The van der Waals surface area contributed by atoms with Crippen LogP contribution in [0.25, 0.3) is 0 Å². The molecule has 0 aromatic carbocycles. The summed E-state index contributed by atoms with van der Waals surface area (Å²) in [5.41, 5.74) is 0. The van der Waals surface area contributed by atoms with Crippen LogP contribution in [0.2, 0.25) is 0 Å². The van der Waals surface area contributed by atoms with Crippen molar-refractivity contribution in [1.29, 1.82) is 0 Å². The van der Waals surface area contributed by atoms with E-state index >= 15 is 0 Å². The third-order valence-corrected chi connectivity index (χ3v) is 2.85. The second kappa shape index (κ2) is 4.66. The maximum Gasteiger partial charge on any atom is 0.0252 e. The van der Waals surface area contributed by atoms with E-state index in [-0.39, 0.29) is 0 Å². The van der Waals surface area contributed by atoms with Gasteiger partial charge in [0, 0.05) is 12.1 Å². The van der Waals surface area contributed by atoms with Gasteiger partial charge >= 0.3 is 0 Å². The normalized spacial score (nSPS) is 29.4. The van der Waals surface area contributed by atoms with Crippen molar-refractivity contribution in [3.63, 3.8) is 0 Å². The lowest BCUT2D eigenvalue weighted by Crippen LogP contribution is -2.42. The van der Waals surface area contributed by atoms with Crippen molar-refractivity contribution in [1.82, 2.24) is 4.90 Å². The molecule has 0 saturated carbocycles. The van der Waals surface area contributed by atoms with Crippen LogP contribution in [0.3, 0.4) is 0 Å². The van der Waals surface area contributed by atoms with Gasteiger partial charge in [0.1, 0.15) is 0 Å². The van der Waals surface area contributed by atoms with E-state index in [1.54, 1.807) is 0 Å². The van der Waals surface area contributed by atoms with E-state index in [1.165, 1.54) is 25.8 Å². The summed E-state index contributed by atoms with van der Waals surface area (Å²) in [6, 6.07) is 1.41. The van der Waals surface area contributed by atoms with Crippen molar-refractivity contribution in [2.45, 2.75) is 52.1 Å². The Morgan fingerprint density at radius 2 is 2.17 bits per heavy atom. The van der Waals surface area contributed by atoms with E-state index in [0.29, 0.717) is 6.04 Å². The van der Waals surface area contributed by atoms with Crippen LogP contribution in [0.5, 0.6) is 0 Å². The van der Waals surface area contributed by atoms with Crippen LogP contribution in [0.4, 0.5) is 0 Å². The molecule has 0 N–H and O–H groups in total. The quantitative estimate of drug-likeness (QED) is 0.572. The SMILES string of the molecule is C/C=C\C(C)N1CCCCC1C. The number of hydrogen-bond donors (Lipinski definition) is 0. The fraction of sp³-hybridized carbons (Fsp3) is 0.818. The third kappa shape index (κ3) is 2.34. The smallest absolute Gasteiger partial charge is 0.0252 e. The molecule has 0 bridgehead atoms. The van der Waals surface area contributed by atoms with Crippen molar-refractivity contribution in [2.24, 2.45) is 0 Å². The lowest BCUT2D eigenvalue weighted by molar-refractivity contribution is 0.136. The molecule has 1 rings (SSSR count). The van der Waals surface area contributed by atoms with Crippen molar-refractivity contribution >= 4 is 0 Å². The van der Waals surface area contributed by atoms with E-state index in [4.69, 9.17) is 0 Å². The first-order valence-electron chi connectivity index (χ1n) is 5.14. The molecule has 1 saturated heterocycles. The Morgan fingerprint density at radius 1 is 1.42 bits per heavy atom. The predicted molar refractivity (Wildman–Crippen MR) is 54.3 cm³/mol. The zero-order valence-corrected chi connectivity index (χ0v) is 8.59. The Bertz CT molecular complexity index is 151. The summed E-state index contributed by atoms with van der Waals surface area (Å²) in [5.74, 6) is 0. The summed E-state index contributed by atoms with van der Waals surface area (Å²) in [7, 11) is 0. The third-order valence-electron chi connectivity index (χ3n) is 2.85. The van der Waals surface area contributed by atoms with Gasteiger partial charge < -0.3 is 0 Å². The van der Waals surface area contributed by atoms with Gasteiger partial charge in [0.2, 0.25) is 0 Å². The lowest BCUT2D eigenvalue weighted by Gasteiger charge is -2.36. The fourth-order valence-electron chi connectivity index (χ4n) is 2.11. The van der Waals surface area contributed by atoms with Crippen LogP contribution in [-0.4, -0.2) is 23.5 Å². The molecule has 2 atom stereocenters. The molecule has 0 radical (unpaired) electrons. The molecule has 1 heteroatoms. The molecule has 70 valence electrons. The van der Waals surface area contributed by atoms with Crippen molar-refractivity contribution in [3.8, 4) is 0 Å². The van der Waals surface area contributed by atoms with Gasteiger partial charge in [-0.15, -0.1) is 0 Å². The highest BCUT2D eigenvalue weighted by atomic mass is 15.2. The monoisotopic (exact) mass is 167 g/mol. The average Bonchev–Trinajstić information content (AvgIpc) is 2.05. The molecule has 0 aromatic heterocycles. The van der Waals surface area contributed by atoms with Crippen molar-refractivity contribution in [2.75, 3.05) is 6.54 Å². The van der Waals surface area contributed by atoms with Gasteiger partial charge in [-0.1, -0.05) is 18.6 Å². The van der Waals surface area contributed by atoms with Crippen LogP contribution >= 0.6 is 0 Å². The molecular formula is C11H21N. The van der Waals surface area contributed by atoms with E-state index in [9.17, 15) is 0 Å². The summed E-state index contributed by atoms with van der Waals surface area (Å²) in [4.78, 5) is 2.60. The van der Waals surface area contributed by atoms with E-state index < -0.39 is 0 Å². The number of likely N-dealkylation sites (tertiary alicyclic amines) is 1. The standard InChI is InChI=1S/C11H21N/c1-4-7-10(2)12-9-6-5-8-11(12)3/h4,7,10-11H,5-6,8-9H2,1-3H3/b7-4-. The molecular weight excluding hydrogens is 146 g/mol. The first kappa shape index (κ1) is 9.79. The summed E-state index contributed by atoms with van der Waals surface area (Å²) >= 11 is 0. The first-order valence-corrected chi connectivity index (χ1v) is 5.14. The number of allylic oxidation sites excluding steroid dienone is 1. The Labute approximate surface area is 76.5 Å². The minimum absolute atomic E-state index is 0.630. The largest absolute Gasteiger partial charge is 0.295 e. The summed E-state index contributed by atoms with van der Waals surface area (Å²) < 4.78 is 0. The van der Waals surface area contributed by atoms with Gasteiger partial charge in [0.25, 0.3) is 0 Å². The second-order valence-corrected chi connectivity index (χ2v) is 3.85. The van der Waals surface area contributed by atoms with Gasteiger partial charge in [-0.3, -0.25) is 4.90 Å². The van der Waals surface area contributed by atoms with Crippen molar-refractivity contribution < 1.29 is 0 Å². The molecule has 1 nitrogen and oxygen atoms in total. The average molecular weight is 167 g/mol. The van der Waals surface area contributed by atoms with Gasteiger partial charge in [0.05, 0.1) is 0 Å². The molecule has 1 aliphatic rings. The van der Waals surface area contributed by atoms with Crippen LogP contribution in [0.15, 0.2) is 12.2 Å². The van der Waals surface area contributed by atoms with E-state index in [0.717, 1.165) is 6.04 Å². The molecule has 0 spiro atoms. The number of nitrogens with zero attached hydrogens (tertiary/aromatic N) is 1. The molecule has 0 amide bonds.